The number of aromatic nitrogens is 1. The Bertz CT molecular complexity index is 525. The van der Waals surface area contributed by atoms with E-state index >= 15 is 0 Å². The van der Waals surface area contributed by atoms with Crippen molar-refractivity contribution in [3.05, 3.63) is 23.5 Å². The number of anilines is 1. The zero-order valence-corrected chi connectivity index (χ0v) is 12.3. The predicted molar refractivity (Wildman–Crippen MR) is 77.3 cm³/mol. The van der Waals surface area contributed by atoms with Crippen molar-refractivity contribution in [2.75, 3.05) is 37.7 Å². The lowest BCUT2D eigenvalue weighted by Gasteiger charge is -2.33. The van der Waals surface area contributed by atoms with Gasteiger partial charge < -0.3 is 14.5 Å². The predicted octanol–water partition coefficient (Wildman–Crippen LogP) is 1.51. The summed E-state index contributed by atoms with van der Waals surface area (Å²) in [6.07, 6.45) is 2.29. The number of ether oxygens (including phenoxy) is 1. The summed E-state index contributed by atoms with van der Waals surface area (Å²) in [5.74, 6) is -0.0497. The van der Waals surface area contributed by atoms with Gasteiger partial charge in [-0.2, -0.15) is 0 Å². The van der Waals surface area contributed by atoms with Crippen LogP contribution >= 0.6 is 11.6 Å². The average Bonchev–Trinajstić information content (AvgIpc) is 2.89. The third-order valence-electron chi connectivity index (χ3n) is 3.92. The number of halogens is 2. The molecule has 1 amide bonds. The van der Waals surface area contributed by atoms with Gasteiger partial charge in [0.1, 0.15) is 12.2 Å². The van der Waals surface area contributed by atoms with Gasteiger partial charge in [0.15, 0.2) is 0 Å². The van der Waals surface area contributed by atoms with Crippen LogP contribution in [-0.2, 0) is 9.53 Å². The van der Waals surface area contributed by atoms with Gasteiger partial charge in [-0.15, -0.1) is 0 Å². The Kier molecular flexibility index (Phi) is 4.26. The van der Waals surface area contributed by atoms with Crippen LogP contribution in [0.1, 0.15) is 6.42 Å². The molecule has 0 N–H and O–H groups in total. The van der Waals surface area contributed by atoms with Gasteiger partial charge in [-0.25, -0.2) is 4.39 Å². The Morgan fingerprint density at radius 3 is 2.90 bits per heavy atom. The molecule has 2 saturated heterocycles. The Labute approximate surface area is 127 Å². The molecule has 0 aromatic carbocycles. The molecule has 2 aliphatic heterocycles. The second kappa shape index (κ2) is 6.15. The number of rotatable bonds is 2. The highest BCUT2D eigenvalue weighted by atomic mass is 35.5. The topological polar surface area (TPSA) is 45.7 Å². The van der Waals surface area contributed by atoms with E-state index in [0.717, 1.165) is 0 Å². The second-order valence-electron chi connectivity index (χ2n) is 5.27. The molecule has 0 bridgehead atoms. The number of morpholine rings is 1. The quantitative estimate of drug-likeness (QED) is 0.830. The van der Waals surface area contributed by atoms with Crippen LogP contribution in [0.25, 0.3) is 0 Å². The highest BCUT2D eigenvalue weighted by Crippen LogP contribution is 2.33. The molecule has 3 heterocycles. The molecule has 2 fully saturated rings. The molecule has 0 aliphatic carbocycles. The van der Waals surface area contributed by atoms with Crippen LogP contribution in [0.4, 0.5) is 10.1 Å². The van der Waals surface area contributed by atoms with E-state index in [1.165, 1.54) is 6.20 Å². The van der Waals surface area contributed by atoms with Gasteiger partial charge in [-0.3, -0.25) is 9.78 Å². The Morgan fingerprint density at radius 2 is 2.19 bits per heavy atom. The maximum atomic E-state index is 13.9. The summed E-state index contributed by atoms with van der Waals surface area (Å²) in [4.78, 5) is 20.1. The largest absolute Gasteiger partial charge is 0.378 e. The van der Waals surface area contributed by atoms with Gasteiger partial charge in [0.2, 0.25) is 5.91 Å². The number of alkyl halides is 1. The number of carbonyl (C=O) groups excluding carboxylic acids is 1. The van der Waals surface area contributed by atoms with Crippen LogP contribution in [-0.4, -0.2) is 60.9 Å². The van der Waals surface area contributed by atoms with Crippen LogP contribution in [0.5, 0.6) is 0 Å². The minimum atomic E-state index is -1.02. The van der Waals surface area contributed by atoms with E-state index in [4.69, 9.17) is 16.3 Å². The van der Waals surface area contributed by atoms with E-state index in [1.807, 2.05) is 0 Å². The molecule has 1 aromatic rings. The molecular formula is C14H17ClFN3O2. The zero-order chi connectivity index (χ0) is 14.8. The minimum Gasteiger partial charge on any atom is -0.378 e. The minimum absolute atomic E-state index is 0.0497. The van der Waals surface area contributed by atoms with Crippen molar-refractivity contribution in [2.45, 2.75) is 18.6 Å². The maximum Gasteiger partial charge on any atom is 0.245 e. The van der Waals surface area contributed by atoms with Gasteiger partial charge >= 0.3 is 0 Å². The number of hydrogen-bond acceptors (Lipinski definition) is 4. The van der Waals surface area contributed by atoms with E-state index in [2.05, 4.69) is 4.98 Å². The number of nitrogens with zero attached hydrogens (tertiary/aromatic N) is 3. The van der Waals surface area contributed by atoms with Crippen molar-refractivity contribution in [1.29, 1.82) is 0 Å². The van der Waals surface area contributed by atoms with E-state index in [-0.39, 0.29) is 18.9 Å². The first kappa shape index (κ1) is 14.5. The zero-order valence-electron chi connectivity index (χ0n) is 11.5. The van der Waals surface area contributed by atoms with Gasteiger partial charge in [0.05, 0.1) is 30.5 Å². The SMILES string of the molecule is O=C([C@@H]1C[C@@H](F)CN1c1ccncc1Cl)N1CCOCC1. The monoisotopic (exact) mass is 313 g/mol. The van der Waals surface area contributed by atoms with E-state index < -0.39 is 12.2 Å². The molecule has 5 nitrogen and oxygen atoms in total. The molecule has 2 atom stereocenters. The third kappa shape index (κ3) is 2.96. The van der Waals surface area contributed by atoms with E-state index in [9.17, 15) is 9.18 Å². The van der Waals surface area contributed by atoms with Gasteiger partial charge in [0.25, 0.3) is 0 Å². The molecule has 7 heteroatoms. The van der Waals surface area contributed by atoms with Crippen LogP contribution in [0.3, 0.4) is 0 Å². The summed E-state index contributed by atoms with van der Waals surface area (Å²) in [5.41, 5.74) is 0.665. The molecule has 0 saturated carbocycles. The Balaban J connectivity index is 1.82. The van der Waals surface area contributed by atoms with Crippen molar-refractivity contribution in [1.82, 2.24) is 9.88 Å². The smallest absolute Gasteiger partial charge is 0.245 e. The highest BCUT2D eigenvalue weighted by Gasteiger charge is 2.40. The Hall–Kier alpha value is -1.40. The number of amides is 1. The van der Waals surface area contributed by atoms with Gasteiger partial charge in [0, 0.05) is 31.9 Å². The molecule has 2 aliphatic rings. The first-order valence-electron chi connectivity index (χ1n) is 7.03. The van der Waals surface area contributed by atoms with Crippen LogP contribution < -0.4 is 4.90 Å². The second-order valence-corrected chi connectivity index (χ2v) is 5.67. The van der Waals surface area contributed by atoms with Gasteiger partial charge in [-0.1, -0.05) is 11.6 Å². The molecule has 114 valence electrons. The summed E-state index contributed by atoms with van der Waals surface area (Å²) in [7, 11) is 0. The fourth-order valence-corrected chi connectivity index (χ4v) is 3.11. The van der Waals surface area contributed by atoms with E-state index in [1.54, 1.807) is 22.1 Å². The van der Waals surface area contributed by atoms with Crippen molar-refractivity contribution in [3.63, 3.8) is 0 Å². The van der Waals surface area contributed by atoms with Gasteiger partial charge in [-0.05, 0) is 6.07 Å². The normalized spacial score (nSPS) is 26.2. The number of carbonyl (C=O) groups is 1. The molecule has 0 spiro atoms. The average molecular weight is 314 g/mol. The molecule has 3 rings (SSSR count). The van der Waals surface area contributed by atoms with Crippen molar-refractivity contribution in [3.8, 4) is 0 Å². The maximum absolute atomic E-state index is 13.9. The lowest BCUT2D eigenvalue weighted by Crippen LogP contribution is -2.49. The summed E-state index contributed by atoms with van der Waals surface area (Å²) < 4.78 is 19.1. The first-order valence-corrected chi connectivity index (χ1v) is 7.41. The lowest BCUT2D eigenvalue weighted by molar-refractivity contribution is -0.136. The standard InChI is InChI=1S/C14H17ClFN3O2/c15-11-8-17-2-1-12(11)19-9-10(16)7-13(19)14(20)18-3-5-21-6-4-18/h1-2,8,10,13H,3-7,9H2/t10-,13+/m1/s1. The van der Waals surface area contributed by atoms with Crippen LogP contribution in [0, 0.1) is 0 Å². The summed E-state index contributed by atoms with van der Waals surface area (Å²) in [6.45, 7) is 2.37. The lowest BCUT2D eigenvalue weighted by atomic mass is 10.1. The summed E-state index contributed by atoms with van der Waals surface area (Å²) >= 11 is 6.14. The number of hydrogen-bond donors (Lipinski definition) is 0. The molecule has 21 heavy (non-hydrogen) atoms. The molecular weight excluding hydrogens is 297 g/mol. The van der Waals surface area contributed by atoms with Crippen LogP contribution in [0.15, 0.2) is 18.5 Å². The molecule has 1 aromatic heterocycles. The number of pyridine rings is 1. The summed E-state index contributed by atoms with van der Waals surface area (Å²) in [6, 6.07) is 1.22. The first-order chi connectivity index (χ1) is 10.2. The van der Waals surface area contributed by atoms with E-state index in [0.29, 0.717) is 37.0 Å². The highest BCUT2D eigenvalue weighted by molar-refractivity contribution is 6.33. The van der Waals surface area contributed by atoms with Crippen molar-refractivity contribution >= 4 is 23.2 Å². The van der Waals surface area contributed by atoms with Crippen LogP contribution in [0.2, 0.25) is 5.02 Å². The third-order valence-corrected chi connectivity index (χ3v) is 4.21. The van der Waals surface area contributed by atoms with Crippen molar-refractivity contribution in [2.24, 2.45) is 0 Å². The summed E-state index contributed by atoms with van der Waals surface area (Å²) in [5, 5.41) is 0.436. The van der Waals surface area contributed by atoms with Crippen molar-refractivity contribution < 1.29 is 13.9 Å². The molecule has 0 radical (unpaired) electrons. The fraction of sp³-hybridized carbons (Fsp3) is 0.571. The molecule has 0 unspecified atom stereocenters. The fourth-order valence-electron chi connectivity index (χ4n) is 2.88. The Morgan fingerprint density at radius 1 is 1.43 bits per heavy atom.